The van der Waals surface area contributed by atoms with Crippen molar-refractivity contribution in [3.63, 3.8) is 0 Å². The van der Waals surface area contributed by atoms with Crippen LogP contribution in [0.2, 0.25) is 0 Å². The Morgan fingerprint density at radius 2 is 1.85 bits per heavy atom. The minimum absolute atomic E-state index is 0.323. The van der Waals surface area contributed by atoms with E-state index in [-0.39, 0.29) is 6.04 Å². The summed E-state index contributed by atoms with van der Waals surface area (Å²) < 4.78 is 10.6. The molecule has 4 nitrogen and oxygen atoms in total. The maximum absolute atomic E-state index is 6.35. The summed E-state index contributed by atoms with van der Waals surface area (Å²) >= 11 is 0. The molecule has 2 rings (SSSR count). The number of hydrogen-bond acceptors (Lipinski definition) is 4. The van der Waals surface area contributed by atoms with Crippen molar-refractivity contribution in [3.05, 3.63) is 52.8 Å². The van der Waals surface area contributed by atoms with Crippen LogP contribution in [0.3, 0.4) is 0 Å². The second-order valence-electron chi connectivity index (χ2n) is 4.80. The van der Waals surface area contributed by atoms with Gasteiger partial charge < -0.3 is 15.2 Å². The van der Waals surface area contributed by atoms with Crippen LogP contribution in [0.4, 0.5) is 0 Å². The molecule has 1 aromatic carbocycles. The summed E-state index contributed by atoms with van der Waals surface area (Å²) in [5.74, 6) is 1.45. The van der Waals surface area contributed by atoms with Gasteiger partial charge in [-0.25, -0.2) is 0 Å². The van der Waals surface area contributed by atoms with E-state index >= 15 is 0 Å². The molecule has 20 heavy (non-hydrogen) atoms. The third kappa shape index (κ3) is 2.75. The third-order valence-electron chi connectivity index (χ3n) is 3.33. The summed E-state index contributed by atoms with van der Waals surface area (Å²) in [6.07, 6.45) is 1.83. The third-order valence-corrected chi connectivity index (χ3v) is 3.33. The second-order valence-corrected chi connectivity index (χ2v) is 4.80. The Morgan fingerprint density at radius 1 is 1.10 bits per heavy atom. The Labute approximate surface area is 119 Å². The van der Waals surface area contributed by atoms with Crippen LogP contribution in [0, 0.1) is 13.8 Å². The Morgan fingerprint density at radius 3 is 2.45 bits per heavy atom. The van der Waals surface area contributed by atoms with E-state index in [1.807, 2.05) is 38.2 Å². The smallest absolute Gasteiger partial charge is 0.127 e. The first kappa shape index (κ1) is 14.3. The molecule has 4 heteroatoms. The minimum Gasteiger partial charge on any atom is -0.497 e. The fourth-order valence-electron chi connectivity index (χ4n) is 2.27. The van der Waals surface area contributed by atoms with Gasteiger partial charge in [0.05, 0.1) is 26.0 Å². The quantitative estimate of drug-likeness (QED) is 0.929. The van der Waals surface area contributed by atoms with E-state index in [9.17, 15) is 0 Å². The number of nitrogens with zero attached hydrogens (tertiary/aromatic N) is 1. The predicted octanol–water partition coefficient (Wildman–Crippen LogP) is 2.76. The summed E-state index contributed by atoms with van der Waals surface area (Å²) in [5, 5.41) is 0. The molecule has 0 fully saturated rings. The molecule has 0 aliphatic heterocycles. The van der Waals surface area contributed by atoms with E-state index in [1.54, 1.807) is 14.2 Å². The molecule has 0 spiro atoms. The zero-order valence-electron chi connectivity index (χ0n) is 12.3. The lowest BCUT2D eigenvalue weighted by atomic mass is 9.99. The highest BCUT2D eigenvalue weighted by molar-refractivity contribution is 5.46. The fraction of sp³-hybridized carbons (Fsp3) is 0.312. The van der Waals surface area contributed by atoms with Crippen LogP contribution in [0.5, 0.6) is 11.5 Å². The number of rotatable bonds is 4. The van der Waals surface area contributed by atoms with Crippen molar-refractivity contribution >= 4 is 0 Å². The SMILES string of the molecule is COc1ccc(C(N)c2ncc(C)cc2C)c(OC)c1. The van der Waals surface area contributed by atoms with E-state index < -0.39 is 0 Å². The van der Waals surface area contributed by atoms with Gasteiger partial charge in [0.1, 0.15) is 11.5 Å². The van der Waals surface area contributed by atoms with Gasteiger partial charge in [-0.05, 0) is 37.1 Å². The topological polar surface area (TPSA) is 57.4 Å². The number of methoxy groups -OCH3 is 2. The van der Waals surface area contributed by atoms with Gasteiger partial charge in [0.25, 0.3) is 0 Å². The van der Waals surface area contributed by atoms with E-state index in [2.05, 4.69) is 11.1 Å². The van der Waals surface area contributed by atoms with Crippen LogP contribution >= 0.6 is 0 Å². The molecular weight excluding hydrogens is 252 g/mol. The van der Waals surface area contributed by atoms with Crippen molar-refractivity contribution in [2.75, 3.05) is 14.2 Å². The van der Waals surface area contributed by atoms with Gasteiger partial charge >= 0.3 is 0 Å². The molecule has 0 saturated heterocycles. The van der Waals surface area contributed by atoms with Crippen LogP contribution in [-0.4, -0.2) is 19.2 Å². The van der Waals surface area contributed by atoms with Crippen LogP contribution in [-0.2, 0) is 0 Å². The molecule has 106 valence electrons. The van der Waals surface area contributed by atoms with Crippen LogP contribution in [0.25, 0.3) is 0 Å². The van der Waals surface area contributed by atoms with Crippen molar-refractivity contribution < 1.29 is 9.47 Å². The van der Waals surface area contributed by atoms with Gasteiger partial charge in [-0.15, -0.1) is 0 Å². The average molecular weight is 272 g/mol. The van der Waals surface area contributed by atoms with E-state index in [0.29, 0.717) is 5.75 Å². The molecule has 1 heterocycles. The van der Waals surface area contributed by atoms with Gasteiger partial charge in [0.15, 0.2) is 0 Å². The number of ether oxygens (including phenoxy) is 2. The van der Waals surface area contributed by atoms with Crippen LogP contribution in [0.1, 0.15) is 28.4 Å². The molecule has 1 atom stereocenters. The molecule has 0 bridgehead atoms. The number of aryl methyl sites for hydroxylation is 2. The number of hydrogen-bond donors (Lipinski definition) is 1. The second kappa shape index (κ2) is 5.92. The zero-order valence-corrected chi connectivity index (χ0v) is 12.3. The molecule has 2 aromatic rings. The first-order valence-corrected chi connectivity index (χ1v) is 6.47. The summed E-state index contributed by atoms with van der Waals surface area (Å²) in [4.78, 5) is 4.46. The molecule has 0 radical (unpaired) electrons. The van der Waals surface area contributed by atoms with Gasteiger partial charge in [-0.1, -0.05) is 6.07 Å². The highest BCUT2D eigenvalue weighted by Gasteiger charge is 2.18. The minimum atomic E-state index is -0.323. The first-order valence-electron chi connectivity index (χ1n) is 6.47. The van der Waals surface area contributed by atoms with Gasteiger partial charge in [-0.2, -0.15) is 0 Å². The summed E-state index contributed by atoms with van der Waals surface area (Å²) in [6.45, 7) is 4.04. The lowest BCUT2D eigenvalue weighted by Crippen LogP contribution is -2.16. The molecule has 1 aromatic heterocycles. The zero-order chi connectivity index (χ0) is 14.7. The van der Waals surface area contributed by atoms with Crippen molar-refractivity contribution in [1.82, 2.24) is 4.98 Å². The molecular formula is C16H20N2O2. The number of aromatic nitrogens is 1. The molecule has 2 N–H and O–H groups in total. The van der Waals surface area contributed by atoms with Crippen LogP contribution < -0.4 is 15.2 Å². The van der Waals surface area contributed by atoms with Crippen molar-refractivity contribution in [2.45, 2.75) is 19.9 Å². The largest absolute Gasteiger partial charge is 0.497 e. The molecule has 0 aliphatic rings. The summed E-state index contributed by atoms with van der Waals surface area (Å²) in [6, 6.07) is 7.39. The summed E-state index contributed by atoms with van der Waals surface area (Å²) in [5.41, 5.74) is 10.3. The normalized spacial score (nSPS) is 12.1. The molecule has 1 unspecified atom stereocenters. The van der Waals surface area contributed by atoms with E-state index in [0.717, 1.165) is 28.1 Å². The van der Waals surface area contributed by atoms with Gasteiger partial charge in [0.2, 0.25) is 0 Å². The fourth-order valence-corrected chi connectivity index (χ4v) is 2.27. The lowest BCUT2D eigenvalue weighted by Gasteiger charge is -2.18. The first-order chi connectivity index (χ1) is 9.56. The maximum atomic E-state index is 6.35. The van der Waals surface area contributed by atoms with Gasteiger partial charge in [0, 0.05) is 17.8 Å². The summed E-state index contributed by atoms with van der Waals surface area (Å²) in [7, 11) is 3.25. The number of nitrogens with two attached hydrogens (primary N) is 1. The molecule has 0 aliphatic carbocycles. The molecule has 0 amide bonds. The Balaban J connectivity index is 2.44. The monoisotopic (exact) mass is 272 g/mol. The maximum Gasteiger partial charge on any atom is 0.127 e. The Hall–Kier alpha value is -2.07. The highest BCUT2D eigenvalue weighted by Crippen LogP contribution is 2.32. The molecule has 0 saturated carbocycles. The number of benzene rings is 1. The van der Waals surface area contributed by atoms with E-state index in [1.165, 1.54) is 0 Å². The van der Waals surface area contributed by atoms with Crippen molar-refractivity contribution in [1.29, 1.82) is 0 Å². The Kier molecular flexibility index (Phi) is 4.25. The van der Waals surface area contributed by atoms with E-state index in [4.69, 9.17) is 15.2 Å². The standard InChI is InChI=1S/C16H20N2O2/c1-10-7-11(2)16(18-9-10)15(17)13-6-5-12(19-3)8-14(13)20-4/h5-9,15H,17H2,1-4H3. The predicted molar refractivity (Wildman–Crippen MR) is 79.3 cm³/mol. The van der Waals surface area contributed by atoms with Crippen molar-refractivity contribution in [2.24, 2.45) is 5.73 Å². The lowest BCUT2D eigenvalue weighted by molar-refractivity contribution is 0.389. The van der Waals surface area contributed by atoms with Crippen LogP contribution in [0.15, 0.2) is 30.5 Å². The number of pyridine rings is 1. The highest BCUT2D eigenvalue weighted by atomic mass is 16.5. The van der Waals surface area contributed by atoms with Gasteiger partial charge in [-0.3, -0.25) is 4.98 Å². The Bertz CT molecular complexity index is 611. The average Bonchev–Trinajstić information content (AvgIpc) is 2.46. The van der Waals surface area contributed by atoms with Crippen molar-refractivity contribution in [3.8, 4) is 11.5 Å².